The predicted molar refractivity (Wildman–Crippen MR) is 37.5 cm³/mol. The molecule has 11 heavy (non-hydrogen) atoms. The minimum atomic E-state index is -1.09. The van der Waals surface area contributed by atoms with Crippen molar-refractivity contribution >= 4 is 5.97 Å². The molecule has 0 aliphatic carbocycles. The van der Waals surface area contributed by atoms with Crippen molar-refractivity contribution in [2.45, 2.75) is 25.0 Å². The van der Waals surface area contributed by atoms with Gasteiger partial charge in [0.05, 0.1) is 0 Å². The second-order valence-electron chi connectivity index (χ2n) is 2.58. The fraction of sp³-hybridized carbons (Fsp3) is 0.833. The van der Waals surface area contributed by atoms with Crippen LogP contribution < -0.4 is 11.2 Å². The van der Waals surface area contributed by atoms with Gasteiger partial charge in [0.2, 0.25) is 0 Å². The van der Waals surface area contributed by atoms with Crippen molar-refractivity contribution in [2.75, 3.05) is 6.54 Å². The first-order valence-electron chi connectivity index (χ1n) is 3.60. The molecule has 0 amide bonds. The van der Waals surface area contributed by atoms with Gasteiger partial charge in [0.15, 0.2) is 0 Å². The van der Waals surface area contributed by atoms with Gasteiger partial charge < -0.3 is 10.8 Å². The first-order chi connectivity index (χ1) is 5.21. The Hall–Kier alpha value is -0.650. The molecule has 1 aliphatic rings. The standard InChI is InChI=1S/C6H12N2O3/c7-4-2-1-3-6(5(9)10)8-11-6/h8H,1-4,7H2,(H,9,10)/t6-/m1/s1. The quantitative estimate of drug-likeness (QED) is 0.369. The molecule has 0 aromatic carbocycles. The van der Waals surface area contributed by atoms with Gasteiger partial charge in [0.25, 0.3) is 5.72 Å². The summed E-state index contributed by atoms with van der Waals surface area (Å²) in [6.07, 6.45) is 2.09. The Bertz CT molecular complexity index is 156. The van der Waals surface area contributed by atoms with Crippen LogP contribution in [0.1, 0.15) is 19.3 Å². The molecule has 0 aromatic rings. The summed E-state index contributed by atoms with van der Waals surface area (Å²) in [6, 6.07) is 0. The maximum Gasteiger partial charge on any atom is 0.355 e. The van der Waals surface area contributed by atoms with Crippen LogP contribution >= 0.6 is 0 Å². The topological polar surface area (TPSA) is 97.8 Å². The third-order valence-electron chi connectivity index (χ3n) is 1.68. The number of nitrogens with two attached hydrogens (primary N) is 1. The third-order valence-corrected chi connectivity index (χ3v) is 1.68. The first-order valence-corrected chi connectivity index (χ1v) is 3.60. The summed E-state index contributed by atoms with van der Waals surface area (Å²) in [5.41, 5.74) is 6.52. The average molecular weight is 160 g/mol. The molecule has 1 rings (SSSR count). The zero-order valence-corrected chi connectivity index (χ0v) is 6.17. The van der Waals surface area contributed by atoms with Crippen LogP contribution in [0.3, 0.4) is 0 Å². The molecule has 1 heterocycles. The van der Waals surface area contributed by atoms with Crippen LogP contribution in [0.25, 0.3) is 0 Å². The number of aliphatic carboxylic acids is 1. The Kier molecular flexibility index (Phi) is 2.43. The van der Waals surface area contributed by atoms with E-state index in [-0.39, 0.29) is 0 Å². The van der Waals surface area contributed by atoms with Gasteiger partial charge in [-0.05, 0) is 19.4 Å². The van der Waals surface area contributed by atoms with Crippen molar-refractivity contribution in [3.8, 4) is 0 Å². The summed E-state index contributed by atoms with van der Waals surface area (Å²) >= 11 is 0. The minimum Gasteiger partial charge on any atom is -0.478 e. The minimum absolute atomic E-state index is 0.486. The predicted octanol–water partition coefficient (Wildman–Crippen LogP) is -0.569. The molecule has 1 fully saturated rings. The van der Waals surface area contributed by atoms with Gasteiger partial charge >= 0.3 is 5.97 Å². The van der Waals surface area contributed by atoms with E-state index in [2.05, 4.69) is 10.3 Å². The first kappa shape index (κ1) is 8.45. The van der Waals surface area contributed by atoms with Crippen molar-refractivity contribution < 1.29 is 14.7 Å². The van der Waals surface area contributed by atoms with Crippen LogP contribution in [0, 0.1) is 0 Å². The van der Waals surface area contributed by atoms with E-state index < -0.39 is 11.7 Å². The van der Waals surface area contributed by atoms with Crippen LogP contribution in [0.5, 0.6) is 0 Å². The van der Waals surface area contributed by atoms with Crippen molar-refractivity contribution in [3.05, 3.63) is 0 Å². The van der Waals surface area contributed by atoms with Gasteiger partial charge in [-0.1, -0.05) is 0 Å². The van der Waals surface area contributed by atoms with Gasteiger partial charge in [-0.25, -0.2) is 4.79 Å². The highest BCUT2D eigenvalue weighted by atomic mass is 16.8. The van der Waals surface area contributed by atoms with E-state index in [1.165, 1.54) is 0 Å². The Labute approximate surface area is 64.5 Å². The van der Waals surface area contributed by atoms with E-state index in [4.69, 9.17) is 10.8 Å². The zero-order valence-electron chi connectivity index (χ0n) is 6.17. The molecule has 5 nitrogen and oxygen atoms in total. The van der Waals surface area contributed by atoms with E-state index in [1.807, 2.05) is 0 Å². The lowest BCUT2D eigenvalue weighted by Gasteiger charge is -2.01. The lowest BCUT2D eigenvalue weighted by Crippen LogP contribution is -2.27. The average Bonchev–Trinajstić information content (AvgIpc) is 2.70. The lowest BCUT2D eigenvalue weighted by molar-refractivity contribution is -0.143. The summed E-state index contributed by atoms with van der Waals surface area (Å²) in [4.78, 5) is 15.1. The Balaban J connectivity index is 2.20. The molecule has 5 heteroatoms. The molecule has 0 saturated carbocycles. The van der Waals surface area contributed by atoms with E-state index >= 15 is 0 Å². The Morgan fingerprint density at radius 1 is 1.64 bits per heavy atom. The number of nitrogens with one attached hydrogen (secondary N) is 1. The molecule has 1 atom stereocenters. The molecule has 0 unspecified atom stereocenters. The van der Waals surface area contributed by atoms with Crippen LogP contribution in [0.15, 0.2) is 0 Å². The van der Waals surface area contributed by atoms with Crippen LogP contribution in [-0.4, -0.2) is 23.3 Å². The normalized spacial score (nSPS) is 28.5. The van der Waals surface area contributed by atoms with Gasteiger partial charge in [0, 0.05) is 6.42 Å². The van der Waals surface area contributed by atoms with E-state index in [9.17, 15) is 4.79 Å². The summed E-state index contributed by atoms with van der Waals surface area (Å²) in [5, 5.41) is 8.58. The molecule has 0 spiro atoms. The number of hydroxylamine groups is 1. The highest BCUT2D eigenvalue weighted by Gasteiger charge is 2.52. The van der Waals surface area contributed by atoms with Crippen molar-refractivity contribution in [1.29, 1.82) is 0 Å². The smallest absolute Gasteiger partial charge is 0.355 e. The van der Waals surface area contributed by atoms with Gasteiger partial charge in [-0.3, -0.25) is 4.84 Å². The maximum absolute atomic E-state index is 10.5. The molecule has 4 N–H and O–H groups in total. The van der Waals surface area contributed by atoms with Crippen LogP contribution in [0.4, 0.5) is 0 Å². The molecule has 0 bridgehead atoms. The van der Waals surface area contributed by atoms with Crippen molar-refractivity contribution in [3.63, 3.8) is 0 Å². The molecule has 64 valence electrons. The Morgan fingerprint density at radius 2 is 2.27 bits per heavy atom. The summed E-state index contributed by atoms with van der Waals surface area (Å²) in [6.45, 7) is 0.593. The fourth-order valence-corrected chi connectivity index (χ4v) is 0.876. The van der Waals surface area contributed by atoms with Crippen LogP contribution in [0.2, 0.25) is 0 Å². The zero-order chi connectivity index (χ0) is 8.32. The van der Waals surface area contributed by atoms with E-state index in [1.54, 1.807) is 0 Å². The molecular formula is C6H12N2O3. The van der Waals surface area contributed by atoms with Crippen molar-refractivity contribution in [2.24, 2.45) is 5.73 Å². The maximum atomic E-state index is 10.5. The molecular weight excluding hydrogens is 148 g/mol. The fourth-order valence-electron chi connectivity index (χ4n) is 0.876. The highest BCUT2D eigenvalue weighted by molar-refractivity contribution is 5.78. The van der Waals surface area contributed by atoms with Gasteiger partial charge in [-0.15, -0.1) is 0 Å². The monoisotopic (exact) mass is 160 g/mol. The highest BCUT2D eigenvalue weighted by Crippen LogP contribution is 2.25. The number of hydrogen-bond acceptors (Lipinski definition) is 4. The second-order valence-corrected chi connectivity index (χ2v) is 2.58. The van der Waals surface area contributed by atoms with E-state index in [0.29, 0.717) is 13.0 Å². The number of rotatable bonds is 5. The molecule has 1 saturated heterocycles. The number of carboxylic acids is 1. The molecule has 0 aromatic heterocycles. The summed E-state index contributed by atoms with van der Waals surface area (Å²) in [7, 11) is 0. The number of carboxylic acid groups (broad SMARTS) is 1. The SMILES string of the molecule is NCCCC[C@@]1(C(=O)O)NO1. The lowest BCUT2D eigenvalue weighted by atomic mass is 10.1. The largest absolute Gasteiger partial charge is 0.478 e. The van der Waals surface area contributed by atoms with Gasteiger partial charge in [-0.2, -0.15) is 5.48 Å². The number of carbonyl (C=O) groups is 1. The second kappa shape index (κ2) is 3.17. The summed E-state index contributed by atoms with van der Waals surface area (Å²) < 4.78 is 0. The van der Waals surface area contributed by atoms with Crippen molar-refractivity contribution in [1.82, 2.24) is 5.48 Å². The summed E-state index contributed by atoms with van der Waals surface area (Å²) in [5.74, 6) is -0.950. The van der Waals surface area contributed by atoms with Gasteiger partial charge in [0.1, 0.15) is 0 Å². The van der Waals surface area contributed by atoms with Crippen LogP contribution in [-0.2, 0) is 9.63 Å². The Morgan fingerprint density at radius 3 is 2.64 bits per heavy atom. The number of unbranched alkanes of at least 4 members (excludes halogenated alkanes) is 1. The molecule has 1 aliphatic heterocycles. The third kappa shape index (κ3) is 1.89. The molecule has 0 radical (unpaired) electrons. The number of hydrogen-bond donors (Lipinski definition) is 3. The van der Waals surface area contributed by atoms with E-state index in [0.717, 1.165) is 12.8 Å².